The number of hydrogen-bond acceptors (Lipinski definition) is 7. The first-order valence-electron chi connectivity index (χ1n) is 14.0. The summed E-state index contributed by atoms with van der Waals surface area (Å²) in [6.07, 6.45) is 1.99. The van der Waals surface area contributed by atoms with Crippen LogP contribution in [0.25, 0.3) is 10.9 Å². The third kappa shape index (κ3) is 8.62. The van der Waals surface area contributed by atoms with E-state index in [1.54, 1.807) is 42.6 Å². The predicted molar refractivity (Wildman–Crippen MR) is 169 cm³/mol. The molecule has 0 aliphatic carbocycles. The van der Waals surface area contributed by atoms with E-state index < -0.39 is 47.9 Å². The van der Waals surface area contributed by atoms with E-state index in [-0.39, 0.29) is 30.8 Å². The number of fused-ring (bicyclic) bond motifs is 1. The molecule has 0 aliphatic rings. The lowest BCUT2D eigenvalue weighted by molar-refractivity contribution is -0.142. The number of para-hydroxylation sites is 1. The monoisotopic (exact) mass is 617 g/mol. The second-order valence-electron chi connectivity index (χ2n) is 10.4. The van der Waals surface area contributed by atoms with E-state index in [0.717, 1.165) is 27.6 Å². The Kier molecular flexibility index (Phi) is 11.0. The van der Waals surface area contributed by atoms with Gasteiger partial charge in [-0.25, -0.2) is 4.79 Å². The second kappa shape index (κ2) is 15.1. The van der Waals surface area contributed by atoms with Crippen LogP contribution < -0.4 is 21.7 Å². The molecule has 0 spiro atoms. The van der Waals surface area contributed by atoms with Crippen molar-refractivity contribution in [1.82, 2.24) is 20.9 Å². The Labute approximate surface area is 259 Å². The molecular formula is C32H35N5O6S. The van der Waals surface area contributed by atoms with Gasteiger partial charge in [0.05, 0.1) is 6.04 Å². The van der Waals surface area contributed by atoms with Crippen molar-refractivity contribution in [3.63, 3.8) is 0 Å². The minimum absolute atomic E-state index is 0.0455. The van der Waals surface area contributed by atoms with Crippen molar-refractivity contribution in [3.05, 3.63) is 102 Å². The van der Waals surface area contributed by atoms with Crippen LogP contribution in [0.3, 0.4) is 0 Å². The van der Waals surface area contributed by atoms with Gasteiger partial charge in [0.1, 0.15) is 23.9 Å². The van der Waals surface area contributed by atoms with E-state index in [4.69, 9.17) is 5.73 Å². The maximum atomic E-state index is 13.6. The third-order valence-electron chi connectivity index (χ3n) is 7.17. The Hall–Kier alpha value is -4.81. The average Bonchev–Trinajstić information content (AvgIpc) is 3.43. The van der Waals surface area contributed by atoms with Crippen LogP contribution in [-0.4, -0.2) is 68.8 Å². The maximum Gasteiger partial charge on any atom is 0.326 e. The average molecular weight is 618 g/mol. The number of thiol groups is 1. The number of rotatable bonds is 14. The van der Waals surface area contributed by atoms with Gasteiger partial charge in [-0.3, -0.25) is 14.4 Å². The zero-order chi connectivity index (χ0) is 31.6. The Morgan fingerprint density at radius 3 is 2.00 bits per heavy atom. The number of carboxylic acid groups (broad SMARTS) is 1. The molecule has 0 bridgehead atoms. The van der Waals surface area contributed by atoms with Crippen molar-refractivity contribution in [1.29, 1.82) is 0 Å². The van der Waals surface area contributed by atoms with Gasteiger partial charge in [-0.2, -0.15) is 12.6 Å². The number of carbonyl (C=O) groups is 4. The lowest BCUT2D eigenvalue weighted by Gasteiger charge is -2.24. The van der Waals surface area contributed by atoms with Crippen LogP contribution in [0, 0.1) is 0 Å². The molecule has 44 heavy (non-hydrogen) atoms. The van der Waals surface area contributed by atoms with Gasteiger partial charge in [-0.05, 0) is 41.3 Å². The summed E-state index contributed by atoms with van der Waals surface area (Å²) in [7, 11) is 0. The molecule has 3 amide bonds. The molecule has 12 heteroatoms. The summed E-state index contributed by atoms with van der Waals surface area (Å²) < 4.78 is 0. The van der Waals surface area contributed by atoms with Crippen molar-refractivity contribution < 1.29 is 29.4 Å². The first kappa shape index (κ1) is 32.1. The number of phenols is 1. The second-order valence-corrected chi connectivity index (χ2v) is 10.8. The topological polar surface area (TPSA) is 187 Å². The first-order valence-corrected chi connectivity index (χ1v) is 14.6. The summed E-state index contributed by atoms with van der Waals surface area (Å²) in [6, 6.07) is 18.1. The number of benzene rings is 3. The molecule has 4 aromatic rings. The number of carbonyl (C=O) groups excluding carboxylic acids is 3. The van der Waals surface area contributed by atoms with E-state index in [0.29, 0.717) is 0 Å². The molecule has 0 aliphatic heterocycles. The van der Waals surface area contributed by atoms with Gasteiger partial charge in [0.25, 0.3) is 0 Å². The number of aromatic amines is 1. The summed E-state index contributed by atoms with van der Waals surface area (Å²) in [6.45, 7) is 0. The van der Waals surface area contributed by atoms with Crippen molar-refractivity contribution in [2.24, 2.45) is 5.73 Å². The molecule has 0 saturated heterocycles. The molecule has 230 valence electrons. The van der Waals surface area contributed by atoms with Crippen LogP contribution in [0.4, 0.5) is 0 Å². The highest BCUT2D eigenvalue weighted by atomic mass is 32.1. The zero-order valence-corrected chi connectivity index (χ0v) is 24.7. The highest BCUT2D eigenvalue weighted by Crippen LogP contribution is 2.19. The fraction of sp³-hybridized carbons (Fsp3) is 0.250. The van der Waals surface area contributed by atoms with Crippen molar-refractivity contribution >= 4 is 47.2 Å². The Morgan fingerprint density at radius 1 is 0.727 bits per heavy atom. The fourth-order valence-corrected chi connectivity index (χ4v) is 5.03. The summed E-state index contributed by atoms with van der Waals surface area (Å²) in [5, 5.41) is 28.0. The van der Waals surface area contributed by atoms with Crippen LogP contribution in [0.2, 0.25) is 0 Å². The van der Waals surface area contributed by atoms with Crippen molar-refractivity contribution in [3.8, 4) is 5.75 Å². The minimum atomic E-state index is -1.24. The molecule has 0 radical (unpaired) electrons. The molecule has 0 fully saturated rings. The Balaban J connectivity index is 1.49. The van der Waals surface area contributed by atoms with Gasteiger partial charge in [0.2, 0.25) is 17.7 Å². The number of carboxylic acids is 1. The summed E-state index contributed by atoms with van der Waals surface area (Å²) >= 11 is 4.23. The number of hydrogen-bond donors (Lipinski definition) is 8. The molecule has 11 nitrogen and oxygen atoms in total. The Bertz CT molecular complexity index is 1590. The fourth-order valence-electron chi connectivity index (χ4n) is 4.78. The van der Waals surface area contributed by atoms with Gasteiger partial charge in [-0.15, -0.1) is 0 Å². The van der Waals surface area contributed by atoms with E-state index >= 15 is 0 Å². The van der Waals surface area contributed by atoms with E-state index in [2.05, 4.69) is 33.6 Å². The van der Waals surface area contributed by atoms with Crippen LogP contribution in [0.5, 0.6) is 5.75 Å². The molecule has 3 aromatic carbocycles. The standard InChI is InChI=1S/C32H35N5O6S/c33-24(14-20-10-12-22(38)13-11-20)29(39)37-28(18-44)31(41)35-26(16-21-17-34-25-9-5-4-8-23(21)25)30(40)36-27(32(42)43)15-19-6-2-1-3-7-19/h1-13,17,24,26-28,34,38,44H,14-16,18,33H2,(H,35,41)(H,36,40)(H,37,39)(H,42,43). The number of phenolic OH excluding ortho intramolecular Hbond substituents is 1. The maximum absolute atomic E-state index is 13.6. The molecule has 4 unspecified atom stereocenters. The number of H-pyrrole nitrogens is 1. The molecular weight excluding hydrogens is 582 g/mol. The van der Waals surface area contributed by atoms with E-state index in [1.807, 2.05) is 30.3 Å². The van der Waals surface area contributed by atoms with Gasteiger partial charge in [0, 0.05) is 35.7 Å². The van der Waals surface area contributed by atoms with Crippen molar-refractivity contribution in [2.75, 3.05) is 5.75 Å². The van der Waals surface area contributed by atoms with Crippen LogP contribution >= 0.6 is 12.6 Å². The quantitative estimate of drug-likeness (QED) is 0.0989. The minimum Gasteiger partial charge on any atom is -0.508 e. The highest BCUT2D eigenvalue weighted by molar-refractivity contribution is 7.80. The number of nitrogens with one attached hydrogen (secondary N) is 4. The molecule has 1 aromatic heterocycles. The molecule has 8 N–H and O–H groups in total. The van der Waals surface area contributed by atoms with E-state index in [1.165, 1.54) is 12.1 Å². The molecule has 4 atom stereocenters. The normalized spacial score (nSPS) is 13.8. The number of aromatic nitrogens is 1. The first-order chi connectivity index (χ1) is 21.1. The smallest absolute Gasteiger partial charge is 0.326 e. The highest BCUT2D eigenvalue weighted by Gasteiger charge is 2.31. The van der Waals surface area contributed by atoms with Gasteiger partial charge >= 0.3 is 5.97 Å². The number of nitrogens with two attached hydrogens (primary N) is 1. The van der Waals surface area contributed by atoms with Gasteiger partial charge in [0.15, 0.2) is 0 Å². The van der Waals surface area contributed by atoms with Crippen LogP contribution in [0.15, 0.2) is 85.1 Å². The number of aliphatic carboxylic acids is 1. The lowest BCUT2D eigenvalue weighted by Crippen LogP contribution is -2.58. The summed E-state index contributed by atoms with van der Waals surface area (Å²) in [4.78, 5) is 55.0. The summed E-state index contributed by atoms with van der Waals surface area (Å²) in [5.41, 5.74) is 9.09. The molecule has 4 rings (SSSR count). The van der Waals surface area contributed by atoms with E-state index in [9.17, 15) is 29.4 Å². The molecule has 0 saturated carbocycles. The lowest BCUT2D eigenvalue weighted by atomic mass is 10.0. The zero-order valence-electron chi connectivity index (χ0n) is 23.8. The third-order valence-corrected chi connectivity index (χ3v) is 7.54. The van der Waals surface area contributed by atoms with Crippen LogP contribution in [-0.2, 0) is 38.4 Å². The SMILES string of the molecule is NC(Cc1ccc(O)cc1)C(=O)NC(CS)C(=O)NC(Cc1c[nH]c2ccccc12)C(=O)NC(Cc1ccccc1)C(=O)O. The predicted octanol–water partition coefficient (Wildman–Crippen LogP) is 1.70. The van der Waals surface area contributed by atoms with Crippen LogP contribution in [0.1, 0.15) is 16.7 Å². The summed E-state index contributed by atoms with van der Waals surface area (Å²) in [5.74, 6) is -3.20. The number of amides is 3. The van der Waals surface area contributed by atoms with Crippen molar-refractivity contribution in [2.45, 2.75) is 43.4 Å². The largest absolute Gasteiger partial charge is 0.508 e. The van der Waals surface area contributed by atoms with Gasteiger partial charge in [-0.1, -0.05) is 60.7 Å². The number of aromatic hydroxyl groups is 1. The van der Waals surface area contributed by atoms with Gasteiger partial charge < -0.3 is 36.9 Å². The molecule has 1 heterocycles. The Morgan fingerprint density at radius 2 is 1.32 bits per heavy atom.